The molecule has 2 amide bonds. The number of anilines is 1. The van der Waals surface area contributed by atoms with E-state index >= 15 is 0 Å². The van der Waals surface area contributed by atoms with E-state index in [9.17, 15) is 9.59 Å². The van der Waals surface area contributed by atoms with Gasteiger partial charge >= 0.3 is 6.09 Å². The third kappa shape index (κ3) is 3.56. The number of hydrogen-bond donors (Lipinski definition) is 1. The normalized spacial score (nSPS) is 22.0. The van der Waals surface area contributed by atoms with E-state index in [0.717, 1.165) is 51.0 Å². The molecular weight excluding hydrogens is 378 g/mol. The van der Waals surface area contributed by atoms with Gasteiger partial charge in [-0.05, 0) is 49.4 Å². The van der Waals surface area contributed by atoms with Gasteiger partial charge in [0.25, 0.3) is 5.91 Å². The monoisotopic (exact) mass is 405 g/mol. The summed E-state index contributed by atoms with van der Waals surface area (Å²) in [4.78, 5) is 29.2. The van der Waals surface area contributed by atoms with Crippen molar-refractivity contribution in [3.63, 3.8) is 0 Å². The zero-order chi connectivity index (χ0) is 20.7. The van der Waals surface area contributed by atoms with E-state index in [4.69, 9.17) is 4.74 Å². The van der Waals surface area contributed by atoms with Crippen LogP contribution in [0.15, 0.2) is 42.5 Å². The van der Waals surface area contributed by atoms with Crippen molar-refractivity contribution >= 4 is 17.7 Å². The highest BCUT2D eigenvalue weighted by Crippen LogP contribution is 2.32. The Morgan fingerprint density at radius 2 is 1.83 bits per heavy atom. The van der Waals surface area contributed by atoms with Gasteiger partial charge in [0.15, 0.2) is 0 Å². The van der Waals surface area contributed by atoms with E-state index in [2.05, 4.69) is 34.5 Å². The predicted molar refractivity (Wildman–Crippen MR) is 114 cm³/mol. The maximum Gasteiger partial charge on any atom is 0.412 e. The quantitative estimate of drug-likeness (QED) is 0.821. The van der Waals surface area contributed by atoms with Crippen molar-refractivity contribution in [3.8, 4) is 0 Å². The van der Waals surface area contributed by atoms with Crippen LogP contribution in [0.5, 0.6) is 0 Å². The number of nitrogens with zero attached hydrogens (tertiary/aromatic N) is 2. The fourth-order valence-corrected chi connectivity index (χ4v) is 4.96. The van der Waals surface area contributed by atoms with Gasteiger partial charge in [-0.25, -0.2) is 4.79 Å². The first kappa shape index (κ1) is 19.1. The number of amides is 2. The first-order chi connectivity index (χ1) is 14.6. The third-order valence-electron chi connectivity index (χ3n) is 6.69. The van der Waals surface area contributed by atoms with Crippen molar-refractivity contribution in [2.45, 2.75) is 44.9 Å². The number of likely N-dealkylation sites (tertiary alicyclic amines) is 1. The summed E-state index contributed by atoms with van der Waals surface area (Å²) in [5.41, 5.74) is 5.10. The van der Waals surface area contributed by atoms with Crippen molar-refractivity contribution in [1.82, 2.24) is 9.80 Å². The second-order valence-electron chi connectivity index (χ2n) is 8.49. The van der Waals surface area contributed by atoms with Crippen LogP contribution in [0.4, 0.5) is 10.5 Å². The fourth-order valence-electron chi connectivity index (χ4n) is 4.96. The number of carbonyl (C=O) groups excluding carboxylic acids is 2. The van der Waals surface area contributed by atoms with Crippen molar-refractivity contribution in [3.05, 3.63) is 64.7 Å². The number of benzene rings is 2. The lowest BCUT2D eigenvalue weighted by Gasteiger charge is -2.40. The molecule has 2 aromatic carbocycles. The van der Waals surface area contributed by atoms with Gasteiger partial charge in [-0.1, -0.05) is 30.3 Å². The number of carbonyl (C=O) groups is 2. The first-order valence-electron chi connectivity index (χ1n) is 10.8. The van der Waals surface area contributed by atoms with E-state index in [1.165, 1.54) is 11.1 Å². The molecule has 1 N–H and O–H groups in total. The summed E-state index contributed by atoms with van der Waals surface area (Å²) in [6.07, 6.45) is 2.34. The van der Waals surface area contributed by atoms with Gasteiger partial charge in [0.1, 0.15) is 6.10 Å². The number of fused-ring (bicyclic) bond motifs is 2. The minimum Gasteiger partial charge on any atom is -0.441 e. The first-order valence-corrected chi connectivity index (χ1v) is 10.8. The second kappa shape index (κ2) is 7.76. The zero-order valence-electron chi connectivity index (χ0n) is 17.3. The van der Waals surface area contributed by atoms with Gasteiger partial charge in [-0.2, -0.15) is 0 Å². The summed E-state index contributed by atoms with van der Waals surface area (Å²) < 4.78 is 5.17. The van der Waals surface area contributed by atoms with Crippen molar-refractivity contribution in [1.29, 1.82) is 0 Å². The number of rotatable bonds is 2. The molecule has 0 aliphatic carbocycles. The van der Waals surface area contributed by atoms with E-state index in [-0.39, 0.29) is 12.0 Å². The highest BCUT2D eigenvalue weighted by Gasteiger charge is 2.30. The molecule has 0 aromatic heterocycles. The Morgan fingerprint density at radius 1 is 1.07 bits per heavy atom. The molecule has 156 valence electrons. The number of ether oxygens (including phenoxy) is 1. The number of hydrogen-bond acceptors (Lipinski definition) is 4. The molecule has 3 aliphatic rings. The van der Waals surface area contributed by atoms with Crippen molar-refractivity contribution in [2.24, 2.45) is 0 Å². The highest BCUT2D eigenvalue weighted by atomic mass is 16.6. The molecule has 1 atom stereocenters. The van der Waals surface area contributed by atoms with E-state index < -0.39 is 6.09 Å². The Kier molecular flexibility index (Phi) is 4.95. The van der Waals surface area contributed by atoms with Crippen LogP contribution in [0.2, 0.25) is 0 Å². The minimum absolute atomic E-state index is 0.0358. The average Bonchev–Trinajstić information content (AvgIpc) is 2.78. The topological polar surface area (TPSA) is 61.9 Å². The number of cyclic esters (lactones) is 1. The predicted octanol–water partition coefficient (Wildman–Crippen LogP) is 3.97. The van der Waals surface area contributed by atoms with Gasteiger partial charge in [0.2, 0.25) is 0 Å². The molecule has 30 heavy (non-hydrogen) atoms. The molecule has 1 unspecified atom stereocenters. The summed E-state index contributed by atoms with van der Waals surface area (Å²) in [5.74, 6) is 0.0358. The molecule has 3 aliphatic heterocycles. The maximum absolute atomic E-state index is 13.1. The lowest BCUT2D eigenvalue weighted by atomic mass is 9.95. The van der Waals surface area contributed by atoms with Gasteiger partial charge in [-0.3, -0.25) is 15.0 Å². The van der Waals surface area contributed by atoms with Crippen LogP contribution in [0.1, 0.15) is 52.9 Å². The average molecular weight is 405 g/mol. The second-order valence-corrected chi connectivity index (χ2v) is 8.49. The zero-order valence-corrected chi connectivity index (χ0v) is 17.3. The molecular formula is C24H27N3O3. The van der Waals surface area contributed by atoms with Gasteiger partial charge in [0, 0.05) is 43.3 Å². The Balaban J connectivity index is 1.22. The largest absolute Gasteiger partial charge is 0.441 e. The molecule has 0 bridgehead atoms. The Bertz CT molecular complexity index is 981. The molecule has 5 rings (SSSR count). The molecule has 0 saturated carbocycles. The Labute approximate surface area is 176 Å². The van der Waals surface area contributed by atoms with Crippen LogP contribution in [0.3, 0.4) is 0 Å². The lowest BCUT2D eigenvalue weighted by Crippen LogP contribution is -2.48. The van der Waals surface area contributed by atoms with Crippen LogP contribution in [0.25, 0.3) is 0 Å². The summed E-state index contributed by atoms with van der Waals surface area (Å²) in [5, 5.41) is 2.71. The summed E-state index contributed by atoms with van der Waals surface area (Å²) in [7, 11) is 0. The fraction of sp³-hybridized carbons (Fsp3) is 0.417. The Morgan fingerprint density at radius 3 is 2.63 bits per heavy atom. The minimum atomic E-state index is -0.469. The van der Waals surface area contributed by atoms with Crippen molar-refractivity contribution in [2.75, 3.05) is 25.0 Å². The molecule has 3 heterocycles. The Hall–Kier alpha value is -2.86. The van der Waals surface area contributed by atoms with E-state index in [1.807, 2.05) is 24.0 Å². The van der Waals surface area contributed by atoms with Crippen LogP contribution < -0.4 is 5.32 Å². The van der Waals surface area contributed by atoms with Crippen molar-refractivity contribution < 1.29 is 14.3 Å². The van der Waals surface area contributed by atoms with Gasteiger partial charge in [0.05, 0.1) is 5.69 Å². The molecule has 6 nitrogen and oxygen atoms in total. The lowest BCUT2D eigenvalue weighted by molar-refractivity contribution is 0.0599. The summed E-state index contributed by atoms with van der Waals surface area (Å²) in [6.45, 7) is 5.48. The van der Waals surface area contributed by atoms with E-state index in [1.54, 1.807) is 6.07 Å². The van der Waals surface area contributed by atoms with Gasteiger partial charge < -0.3 is 9.64 Å². The van der Waals surface area contributed by atoms with Crippen LogP contribution >= 0.6 is 0 Å². The summed E-state index contributed by atoms with van der Waals surface area (Å²) >= 11 is 0. The third-order valence-corrected chi connectivity index (χ3v) is 6.69. The molecule has 2 aromatic rings. The molecule has 1 saturated heterocycles. The standard InChI is InChI=1S/C24H27N3O3/c1-16-21-7-6-18(14-22(21)25-24(29)30-16)23(28)26-12-9-20(10-13-26)27-11-8-17-4-2-3-5-19(17)15-27/h2-7,14,16,20H,8-13,15H2,1H3,(H,25,29). The number of piperidine rings is 1. The highest BCUT2D eigenvalue weighted by molar-refractivity contribution is 5.97. The molecule has 0 spiro atoms. The van der Waals surface area contributed by atoms with E-state index in [0.29, 0.717) is 17.3 Å². The molecule has 1 fully saturated rings. The summed E-state index contributed by atoms with van der Waals surface area (Å²) in [6, 6.07) is 14.8. The maximum atomic E-state index is 13.1. The smallest absolute Gasteiger partial charge is 0.412 e. The van der Waals surface area contributed by atoms with Gasteiger partial charge in [-0.15, -0.1) is 0 Å². The molecule has 6 heteroatoms. The van der Waals surface area contributed by atoms with Crippen LogP contribution in [0, 0.1) is 0 Å². The molecule has 0 radical (unpaired) electrons. The SMILES string of the molecule is CC1OC(=O)Nc2cc(C(=O)N3CCC(N4CCc5ccccc5C4)CC3)ccc21. The number of nitrogens with one attached hydrogen (secondary N) is 1. The van der Waals surface area contributed by atoms with Crippen LogP contribution in [-0.4, -0.2) is 47.5 Å². The van der Waals surface area contributed by atoms with Crippen LogP contribution in [-0.2, 0) is 17.7 Å².